The van der Waals surface area contributed by atoms with E-state index in [9.17, 15) is 4.79 Å². The van der Waals surface area contributed by atoms with Gasteiger partial charge in [-0.05, 0) is 25.0 Å². The van der Waals surface area contributed by atoms with E-state index in [0.29, 0.717) is 34.9 Å². The first-order valence-electron chi connectivity index (χ1n) is 9.75. The van der Waals surface area contributed by atoms with Gasteiger partial charge in [0.1, 0.15) is 11.7 Å². The Morgan fingerprint density at radius 1 is 1.19 bits per heavy atom. The van der Waals surface area contributed by atoms with Gasteiger partial charge in [-0.15, -0.1) is 0 Å². The van der Waals surface area contributed by atoms with Crippen LogP contribution in [0.15, 0.2) is 36.8 Å². The van der Waals surface area contributed by atoms with Crippen molar-refractivity contribution in [2.75, 3.05) is 23.8 Å². The molecule has 0 spiro atoms. The molecule has 5 rings (SSSR count). The number of carbonyl (C=O) groups excluding carboxylic acids is 1. The summed E-state index contributed by atoms with van der Waals surface area (Å²) in [7, 11) is 0. The number of nitrogens with zero attached hydrogens (tertiary/aromatic N) is 4. The van der Waals surface area contributed by atoms with Crippen molar-refractivity contribution < 1.29 is 14.3 Å². The Kier molecular flexibility index (Phi) is 5.39. The molecule has 3 heterocycles. The van der Waals surface area contributed by atoms with Gasteiger partial charge in [-0.25, -0.2) is 4.98 Å². The van der Waals surface area contributed by atoms with Crippen LogP contribution < -0.4 is 15.4 Å². The normalized spacial score (nSPS) is 15.9. The van der Waals surface area contributed by atoms with E-state index in [2.05, 4.69) is 25.7 Å². The average molecular weight is 461 g/mol. The summed E-state index contributed by atoms with van der Waals surface area (Å²) in [5.41, 5.74) is 1.24. The molecule has 9 nitrogen and oxygen atoms in total. The lowest BCUT2D eigenvalue weighted by molar-refractivity contribution is -0.0286. The predicted octanol–water partition coefficient (Wildman–Crippen LogP) is 4.09. The Hall–Kier alpha value is -2.88. The molecular formula is C20H18Cl2N6O3. The van der Waals surface area contributed by atoms with Crippen LogP contribution in [0.4, 0.5) is 17.3 Å². The van der Waals surface area contributed by atoms with Gasteiger partial charge in [0.15, 0.2) is 0 Å². The van der Waals surface area contributed by atoms with Crippen LogP contribution in [0.2, 0.25) is 10.0 Å². The standard InChI is InChI=1S/C20H18Cl2N6O3/c21-15-2-1-3-16(22)17(15)26-18(29)14-7-23-20(27-19(14)31-13-4-5-13)25-11-6-24-28(8-11)12-9-30-10-12/h1-3,6-8,12-13H,4-5,9-10H2,(H,26,29)(H,23,25,27). The fraction of sp³-hybridized carbons (Fsp3) is 0.300. The number of amides is 1. The summed E-state index contributed by atoms with van der Waals surface area (Å²) >= 11 is 12.3. The Labute approximate surface area is 187 Å². The lowest BCUT2D eigenvalue weighted by atomic mass is 10.2. The van der Waals surface area contributed by atoms with Crippen molar-refractivity contribution in [2.24, 2.45) is 0 Å². The highest BCUT2D eigenvalue weighted by Gasteiger charge is 2.28. The minimum absolute atomic E-state index is 0.0413. The molecule has 11 heteroatoms. The Balaban J connectivity index is 1.37. The molecule has 160 valence electrons. The first-order valence-corrected chi connectivity index (χ1v) is 10.5. The van der Waals surface area contributed by atoms with Crippen molar-refractivity contribution in [3.63, 3.8) is 0 Å². The van der Waals surface area contributed by atoms with Crippen molar-refractivity contribution in [1.29, 1.82) is 0 Å². The highest BCUT2D eigenvalue weighted by Crippen LogP contribution is 2.32. The number of carbonyl (C=O) groups is 1. The smallest absolute Gasteiger partial charge is 0.262 e. The van der Waals surface area contributed by atoms with Gasteiger partial charge in [0.2, 0.25) is 11.8 Å². The quantitative estimate of drug-likeness (QED) is 0.546. The van der Waals surface area contributed by atoms with E-state index in [1.165, 1.54) is 6.20 Å². The van der Waals surface area contributed by atoms with E-state index in [-0.39, 0.29) is 23.6 Å². The summed E-state index contributed by atoms with van der Waals surface area (Å²) in [6, 6.07) is 5.23. The number of ether oxygens (including phenoxy) is 2. The third-order valence-electron chi connectivity index (χ3n) is 4.85. The summed E-state index contributed by atoms with van der Waals surface area (Å²) in [4.78, 5) is 21.6. The molecule has 1 amide bonds. The molecule has 0 radical (unpaired) electrons. The van der Waals surface area contributed by atoms with Crippen LogP contribution in [0.25, 0.3) is 0 Å². The molecule has 31 heavy (non-hydrogen) atoms. The number of rotatable bonds is 7. The topological polar surface area (TPSA) is 103 Å². The van der Waals surface area contributed by atoms with Crippen LogP contribution in [0.5, 0.6) is 5.88 Å². The summed E-state index contributed by atoms with van der Waals surface area (Å²) in [6.45, 7) is 1.30. The predicted molar refractivity (Wildman–Crippen MR) is 115 cm³/mol. The summed E-state index contributed by atoms with van der Waals surface area (Å²) in [6.07, 6.45) is 6.83. The minimum Gasteiger partial charge on any atom is -0.474 e. The van der Waals surface area contributed by atoms with Crippen LogP contribution in [0.3, 0.4) is 0 Å². The molecule has 2 N–H and O–H groups in total. The van der Waals surface area contributed by atoms with E-state index in [0.717, 1.165) is 18.5 Å². The maximum atomic E-state index is 12.9. The van der Waals surface area contributed by atoms with Crippen LogP contribution in [-0.4, -0.2) is 45.0 Å². The molecule has 3 aromatic rings. The van der Waals surface area contributed by atoms with Crippen LogP contribution >= 0.6 is 23.2 Å². The molecule has 1 saturated heterocycles. The van der Waals surface area contributed by atoms with Gasteiger partial charge in [0, 0.05) is 12.4 Å². The molecule has 0 unspecified atom stereocenters. The zero-order valence-electron chi connectivity index (χ0n) is 16.2. The third-order valence-corrected chi connectivity index (χ3v) is 5.48. The Morgan fingerprint density at radius 3 is 2.65 bits per heavy atom. The lowest BCUT2D eigenvalue weighted by Crippen LogP contribution is -2.30. The molecule has 0 bridgehead atoms. The zero-order valence-corrected chi connectivity index (χ0v) is 17.7. The number of hydrogen-bond acceptors (Lipinski definition) is 7. The molecule has 2 aliphatic rings. The largest absolute Gasteiger partial charge is 0.474 e. The second kappa shape index (κ2) is 8.33. The van der Waals surface area contributed by atoms with Gasteiger partial charge in [0.05, 0.1) is 46.9 Å². The third kappa shape index (κ3) is 4.43. The molecule has 2 fully saturated rings. The number of para-hydroxylation sites is 1. The molecule has 1 aliphatic carbocycles. The SMILES string of the molecule is O=C(Nc1c(Cl)cccc1Cl)c1cnc(Nc2cnn(C3COC3)c2)nc1OC1CC1. The Morgan fingerprint density at radius 2 is 1.97 bits per heavy atom. The van der Waals surface area contributed by atoms with E-state index in [1.54, 1.807) is 24.4 Å². The fourth-order valence-corrected chi connectivity index (χ4v) is 3.41. The molecular weight excluding hydrogens is 443 g/mol. The molecule has 2 aromatic heterocycles. The lowest BCUT2D eigenvalue weighted by Gasteiger charge is -2.25. The molecule has 1 aromatic carbocycles. The second-order valence-electron chi connectivity index (χ2n) is 7.31. The number of anilines is 3. The van der Waals surface area contributed by atoms with Crippen LogP contribution in [-0.2, 0) is 4.74 Å². The fourth-order valence-electron chi connectivity index (χ4n) is 2.92. The number of nitrogens with one attached hydrogen (secondary N) is 2. The maximum absolute atomic E-state index is 12.9. The Bertz CT molecular complexity index is 1110. The van der Waals surface area contributed by atoms with E-state index in [4.69, 9.17) is 32.7 Å². The summed E-state index contributed by atoms with van der Waals surface area (Å²) in [5.74, 6) is 0.0304. The average Bonchev–Trinajstić information content (AvgIpc) is 3.41. The van der Waals surface area contributed by atoms with E-state index >= 15 is 0 Å². The van der Waals surface area contributed by atoms with Crippen molar-refractivity contribution >= 4 is 46.4 Å². The van der Waals surface area contributed by atoms with Gasteiger partial charge < -0.3 is 20.1 Å². The molecule has 1 aliphatic heterocycles. The van der Waals surface area contributed by atoms with Crippen LogP contribution in [0.1, 0.15) is 29.2 Å². The number of benzene rings is 1. The molecule has 1 saturated carbocycles. The first-order chi connectivity index (χ1) is 15.1. The van der Waals surface area contributed by atoms with Crippen molar-refractivity contribution in [3.05, 3.63) is 52.4 Å². The van der Waals surface area contributed by atoms with Gasteiger partial charge in [0.25, 0.3) is 5.91 Å². The van der Waals surface area contributed by atoms with Gasteiger partial charge in [-0.3, -0.25) is 9.48 Å². The number of aromatic nitrogens is 4. The van der Waals surface area contributed by atoms with E-state index in [1.807, 2.05) is 10.9 Å². The minimum atomic E-state index is -0.463. The molecule has 0 atom stereocenters. The first kappa shape index (κ1) is 20.0. The van der Waals surface area contributed by atoms with Gasteiger partial charge >= 0.3 is 0 Å². The summed E-state index contributed by atoms with van der Waals surface area (Å²) in [5, 5.41) is 10.8. The zero-order chi connectivity index (χ0) is 21.4. The number of hydrogen-bond donors (Lipinski definition) is 2. The van der Waals surface area contributed by atoms with Crippen molar-refractivity contribution in [2.45, 2.75) is 25.0 Å². The van der Waals surface area contributed by atoms with Gasteiger partial charge in [-0.2, -0.15) is 10.1 Å². The van der Waals surface area contributed by atoms with Crippen LogP contribution in [0, 0.1) is 0 Å². The monoisotopic (exact) mass is 460 g/mol. The van der Waals surface area contributed by atoms with Gasteiger partial charge in [-0.1, -0.05) is 29.3 Å². The van der Waals surface area contributed by atoms with Crippen molar-refractivity contribution in [3.8, 4) is 5.88 Å². The summed E-state index contributed by atoms with van der Waals surface area (Å²) < 4.78 is 12.9. The van der Waals surface area contributed by atoms with Crippen molar-refractivity contribution in [1.82, 2.24) is 19.7 Å². The highest BCUT2D eigenvalue weighted by atomic mass is 35.5. The second-order valence-corrected chi connectivity index (χ2v) is 8.12. The number of halogens is 2. The highest BCUT2D eigenvalue weighted by molar-refractivity contribution is 6.40. The maximum Gasteiger partial charge on any atom is 0.262 e. The van der Waals surface area contributed by atoms with E-state index < -0.39 is 5.91 Å².